The lowest BCUT2D eigenvalue weighted by atomic mass is 10.00. The number of ether oxygens (including phenoxy) is 1. The van der Waals surface area contributed by atoms with Crippen molar-refractivity contribution in [2.75, 3.05) is 7.11 Å². The molecule has 0 saturated carbocycles. The van der Waals surface area contributed by atoms with Gasteiger partial charge in [-0.3, -0.25) is 0 Å². The van der Waals surface area contributed by atoms with Crippen molar-refractivity contribution in [1.29, 1.82) is 0 Å². The number of esters is 1. The van der Waals surface area contributed by atoms with Crippen LogP contribution in [0.15, 0.2) is 11.1 Å². The summed E-state index contributed by atoms with van der Waals surface area (Å²) in [6.45, 7) is 8.21. The molecule has 0 aliphatic rings. The molecule has 0 rings (SSSR count). The van der Waals surface area contributed by atoms with Crippen molar-refractivity contribution in [1.82, 2.24) is 0 Å². The van der Waals surface area contributed by atoms with Crippen LogP contribution in [0.25, 0.3) is 0 Å². The third-order valence-corrected chi connectivity index (χ3v) is 2.01. The Hall–Kier alpha value is -0.790. The van der Waals surface area contributed by atoms with Crippen LogP contribution >= 0.6 is 0 Å². The van der Waals surface area contributed by atoms with Gasteiger partial charge in [-0.15, -0.1) is 0 Å². The second kappa shape index (κ2) is 5.79. The molecule has 76 valence electrons. The number of hydrogen-bond acceptors (Lipinski definition) is 2. The van der Waals surface area contributed by atoms with Gasteiger partial charge in [-0.2, -0.15) is 0 Å². The first-order chi connectivity index (χ1) is 5.99. The number of carbonyl (C=O) groups is 1. The van der Waals surface area contributed by atoms with Crippen molar-refractivity contribution in [3.05, 3.63) is 11.1 Å². The summed E-state index contributed by atoms with van der Waals surface area (Å²) in [4.78, 5) is 11.3. The molecule has 0 amide bonds. The molecule has 0 N–H and O–H groups in total. The fourth-order valence-corrected chi connectivity index (χ4v) is 1.11. The Morgan fingerprint density at radius 3 is 2.15 bits per heavy atom. The molecule has 13 heavy (non-hydrogen) atoms. The lowest BCUT2D eigenvalue weighted by molar-refractivity contribution is -0.136. The molecule has 0 fully saturated rings. The summed E-state index contributed by atoms with van der Waals surface area (Å²) in [7, 11) is 1.43. The Kier molecular flexibility index (Phi) is 5.44. The van der Waals surface area contributed by atoms with Gasteiger partial charge in [-0.25, -0.2) is 4.79 Å². The molecule has 0 bridgehead atoms. The van der Waals surface area contributed by atoms with Crippen LogP contribution in [0.2, 0.25) is 0 Å². The molecule has 2 nitrogen and oxygen atoms in total. The van der Waals surface area contributed by atoms with Crippen LogP contribution in [-0.2, 0) is 9.53 Å². The topological polar surface area (TPSA) is 26.3 Å². The highest BCUT2D eigenvalue weighted by Gasteiger charge is 2.11. The summed E-state index contributed by atoms with van der Waals surface area (Å²) in [6, 6.07) is 0. The molecule has 0 radical (unpaired) electrons. The second-order valence-electron chi connectivity index (χ2n) is 3.90. The van der Waals surface area contributed by atoms with Gasteiger partial charge in [-0.1, -0.05) is 19.4 Å². The average Bonchev–Trinajstić information content (AvgIpc) is 2.03. The van der Waals surface area contributed by atoms with Gasteiger partial charge in [0.15, 0.2) is 0 Å². The molecule has 0 atom stereocenters. The van der Waals surface area contributed by atoms with Crippen LogP contribution in [0.1, 0.15) is 40.5 Å². The van der Waals surface area contributed by atoms with E-state index in [1.165, 1.54) is 7.11 Å². The van der Waals surface area contributed by atoms with E-state index in [4.69, 9.17) is 4.74 Å². The smallest absolute Gasteiger partial charge is 0.333 e. The monoisotopic (exact) mass is 184 g/mol. The van der Waals surface area contributed by atoms with Crippen molar-refractivity contribution in [3.63, 3.8) is 0 Å². The van der Waals surface area contributed by atoms with E-state index in [-0.39, 0.29) is 5.97 Å². The highest BCUT2D eigenvalue weighted by molar-refractivity contribution is 5.89. The van der Waals surface area contributed by atoms with Crippen LogP contribution in [0.4, 0.5) is 0 Å². The van der Waals surface area contributed by atoms with E-state index in [0.29, 0.717) is 5.92 Å². The summed E-state index contributed by atoms with van der Waals surface area (Å²) in [5.41, 5.74) is 1.89. The predicted molar refractivity (Wildman–Crippen MR) is 54.5 cm³/mol. The normalized spacial score (nSPS) is 10.0. The summed E-state index contributed by atoms with van der Waals surface area (Å²) in [5, 5.41) is 0. The average molecular weight is 184 g/mol. The SMILES string of the molecule is COC(=O)C(CCC(C)C)=C(C)C. The lowest BCUT2D eigenvalue weighted by Crippen LogP contribution is -2.07. The summed E-state index contributed by atoms with van der Waals surface area (Å²) >= 11 is 0. The van der Waals surface area contributed by atoms with E-state index < -0.39 is 0 Å². The minimum atomic E-state index is -0.180. The fraction of sp³-hybridized carbons (Fsp3) is 0.727. The maximum absolute atomic E-state index is 11.3. The molecular weight excluding hydrogens is 164 g/mol. The molecule has 0 aromatic heterocycles. The maximum atomic E-state index is 11.3. The first kappa shape index (κ1) is 12.2. The Morgan fingerprint density at radius 1 is 1.31 bits per heavy atom. The highest BCUT2D eigenvalue weighted by atomic mass is 16.5. The van der Waals surface area contributed by atoms with E-state index in [1.54, 1.807) is 0 Å². The molecule has 0 spiro atoms. The van der Waals surface area contributed by atoms with Crippen molar-refractivity contribution in [3.8, 4) is 0 Å². The van der Waals surface area contributed by atoms with E-state index in [0.717, 1.165) is 24.0 Å². The fourth-order valence-electron chi connectivity index (χ4n) is 1.11. The van der Waals surface area contributed by atoms with E-state index in [9.17, 15) is 4.79 Å². The third kappa shape index (κ3) is 4.71. The number of hydrogen-bond donors (Lipinski definition) is 0. The number of allylic oxidation sites excluding steroid dienone is 1. The number of methoxy groups -OCH3 is 1. The zero-order valence-corrected chi connectivity index (χ0v) is 9.31. The standard InChI is InChI=1S/C11H20O2/c1-8(2)6-7-10(9(3)4)11(12)13-5/h8H,6-7H2,1-5H3. The molecule has 0 saturated heterocycles. The van der Waals surface area contributed by atoms with E-state index in [2.05, 4.69) is 13.8 Å². The maximum Gasteiger partial charge on any atom is 0.333 e. The van der Waals surface area contributed by atoms with Gasteiger partial charge >= 0.3 is 5.97 Å². The third-order valence-electron chi connectivity index (χ3n) is 2.01. The minimum Gasteiger partial charge on any atom is -0.466 e. The molecule has 0 aliphatic heterocycles. The van der Waals surface area contributed by atoms with Crippen molar-refractivity contribution >= 4 is 5.97 Å². The van der Waals surface area contributed by atoms with Crippen LogP contribution in [0.3, 0.4) is 0 Å². The predicted octanol–water partition coefficient (Wildman–Crippen LogP) is 2.93. The molecule has 0 aromatic carbocycles. The quantitative estimate of drug-likeness (QED) is 0.496. The zero-order valence-electron chi connectivity index (χ0n) is 9.31. The van der Waals surface area contributed by atoms with Gasteiger partial charge in [0.05, 0.1) is 7.11 Å². The first-order valence-corrected chi connectivity index (χ1v) is 4.73. The van der Waals surface area contributed by atoms with Gasteiger partial charge < -0.3 is 4.74 Å². The van der Waals surface area contributed by atoms with Crippen molar-refractivity contribution in [2.24, 2.45) is 5.92 Å². The second-order valence-corrected chi connectivity index (χ2v) is 3.90. The highest BCUT2D eigenvalue weighted by Crippen LogP contribution is 2.16. The molecule has 2 heteroatoms. The largest absolute Gasteiger partial charge is 0.466 e. The van der Waals surface area contributed by atoms with Gasteiger partial charge in [0, 0.05) is 5.57 Å². The number of rotatable bonds is 4. The molecule has 0 aromatic rings. The van der Waals surface area contributed by atoms with Crippen LogP contribution in [0, 0.1) is 5.92 Å². The number of carbonyl (C=O) groups excluding carboxylic acids is 1. The molecule has 0 heterocycles. The summed E-state index contributed by atoms with van der Waals surface area (Å²) < 4.78 is 4.71. The summed E-state index contributed by atoms with van der Waals surface area (Å²) in [5.74, 6) is 0.444. The van der Waals surface area contributed by atoms with E-state index in [1.807, 2.05) is 13.8 Å². The lowest BCUT2D eigenvalue weighted by Gasteiger charge is -2.09. The van der Waals surface area contributed by atoms with Gasteiger partial charge in [0.25, 0.3) is 0 Å². The van der Waals surface area contributed by atoms with Crippen LogP contribution < -0.4 is 0 Å². The Morgan fingerprint density at radius 2 is 1.85 bits per heavy atom. The van der Waals surface area contributed by atoms with Crippen LogP contribution in [-0.4, -0.2) is 13.1 Å². The Labute approximate surface area is 81.0 Å². The molecule has 0 aliphatic carbocycles. The zero-order chi connectivity index (χ0) is 10.4. The van der Waals surface area contributed by atoms with Crippen molar-refractivity contribution < 1.29 is 9.53 Å². The van der Waals surface area contributed by atoms with Crippen LogP contribution in [0.5, 0.6) is 0 Å². The molecular formula is C11H20O2. The molecule has 0 unspecified atom stereocenters. The van der Waals surface area contributed by atoms with Crippen molar-refractivity contribution in [2.45, 2.75) is 40.5 Å². The minimum absolute atomic E-state index is 0.180. The van der Waals surface area contributed by atoms with E-state index >= 15 is 0 Å². The first-order valence-electron chi connectivity index (χ1n) is 4.73. The van der Waals surface area contributed by atoms with Gasteiger partial charge in [0.2, 0.25) is 0 Å². The van der Waals surface area contributed by atoms with Gasteiger partial charge in [0.1, 0.15) is 0 Å². The van der Waals surface area contributed by atoms with Gasteiger partial charge in [-0.05, 0) is 32.6 Å². The Bertz CT molecular complexity index is 198. The Balaban J connectivity index is 4.30. The summed E-state index contributed by atoms with van der Waals surface area (Å²) in [6.07, 6.45) is 1.86.